The Labute approximate surface area is 163 Å². The number of ether oxygens (including phenoxy) is 2. The second-order valence-electron chi connectivity index (χ2n) is 6.88. The molecule has 1 aromatic carbocycles. The van der Waals surface area contributed by atoms with Gasteiger partial charge in [-0.25, -0.2) is 4.99 Å². The molecule has 0 aliphatic carbocycles. The minimum Gasteiger partial charge on any atom is -0.484 e. The molecule has 9 heteroatoms. The summed E-state index contributed by atoms with van der Waals surface area (Å²) in [5, 5.41) is 15.8. The Hall–Kier alpha value is -2.00. The smallest absolute Gasteiger partial charge is 0.422 e. The number of rotatable bonds is 9. The molecule has 1 heterocycles. The maximum atomic E-state index is 12.3. The van der Waals surface area contributed by atoms with Crippen LogP contribution in [0.5, 0.6) is 5.75 Å². The van der Waals surface area contributed by atoms with E-state index in [0.717, 1.165) is 12.0 Å². The maximum absolute atomic E-state index is 12.3. The second-order valence-corrected chi connectivity index (χ2v) is 6.88. The van der Waals surface area contributed by atoms with Gasteiger partial charge in [-0.15, -0.1) is 0 Å². The quantitative estimate of drug-likeness (QED) is 0.436. The van der Waals surface area contributed by atoms with Gasteiger partial charge in [-0.05, 0) is 37.5 Å². The van der Waals surface area contributed by atoms with Gasteiger partial charge in [-0.3, -0.25) is 0 Å². The van der Waals surface area contributed by atoms with Crippen molar-refractivity contribution in [2.45, 2.75) is 32.5 Å². The molecule has 3 N–H and O–H groups in total. The molecule has 0 saturated carbocycles. The summed E-state index contributed by atoms with van der Waals surface area (Å²) < 4.78 is 47.1. The van der Waals surface area contributed by atoms with E-state index in [1.165, 1.54) is 6.07 Å². The zero-order chi connectivity index (χ0) is 20.5. The van der Waals surface area contributed by atoms with Crippen LogP contribution < -0.4 is 15.4 Å². The Bertz CT molecular complexity index is 632. The van der Waals surface area contributed by atoms with Crippen molar-refractivity contribution in [3.05, 3.63) is 29.8 Å². The van der Waals surface area contributed by atoms with Gasteiger partial charge in [-0.2, -0.15) is 13.2 Å². The van der Waals surface area contributed by atoms with E-state index in [1.54, 1.807) is 18.2 Å². The number of halogens is 3. The van der Waals surface area contributed by atoms with Crippen LogP contribution in [0.4, 0.5) is 13.2 Å². The highest BCUT2D eigenvalue weighted by Crippen LogP contribution is 2.31. The summed E-state index contributed by atoms with van der Waals surface area (Å²) in [6.07, 6.45) is -2.85. The van der Waals surface area contributed by atoms with Crippen LogP contribution in [-0.4, -0.2) is 56.8 Å². The van der Waals surface area contributed by atoms with Gasteiger partial charge in [-0.1, -0.05) is 12.1 Å². The largest absolute Gasteiger partial charge is 0.484 e. The SMILES string of the molecule is CCNC(=NCc1cccc(OCC(F)(F)F)c1)NCC1(CCO)CCOC1. The minimum absolute atomic E-state index is 0.101. The molecule has 6 nitrogen and oxygen atoms in total. The number of aliphatic hydroxyl groups excluding tert-OH is 1. The first-order valence-corrected chi connectivity index (χ1v) is 9.35. The topological polar surface area (TPSA) is 75.1 Å². The Kier molecular flexibility index (Phi) is 8.37. The maximum Gasteiger partial charge on any atom is 0.422 e. The molecule has 1 aromatic rings. The molecular weight excluding hydrogens is 375 g/mol. The summed E-state index contributed by atoms with van der Waals surface area (Å²) in [6, 6.07) is 6.46. The fourth-order valence-corrected chi connectivity index (χ4v) is 2.99. The number of hydrogen-bond donors (Lipinski definition) is 3. The Morgan fingerprint density at radius 2 is 2.18 bits per heavy atom. The molecule has 1 fully saturated rings. The molecule has 28 heavy (non-hydrogen) atoms. The Balaban J connectivity index is 1.96. The summed E-state index contributed by atoms with van der Waals surface area (Å²) in [5.74, 6) is 0.765. The van der Waals surface area contributed by atoms with Crippen molar-refractivity contribution in [3.63, 3.8) is 0 Å². The minimum atomic E-state index is -4.37. The normalized spacial score (nSPS) is 20.2. The number of nitrogens with zero attached hydrogens (tertiary/aromatic N) is 1. The number of hydrogen-bond acceptors (Lipinski definition) is 4. The van der Waals surface area contributed by atoms with Crippen LogP contribution in [0, 0.1) is 5.41 Å². The summed E-state index contributed by atoms with van der Waals surface area (Å²) in [6.45, 7) is 3.59. The van der Waals surface area contributed by atoms with E-state index in [1.807, 2.05) is 6.92 Å². The van der Waals surface area contributed by atoms with E-state index in [4.69, 9.17) is 9.47 Å². The summed E-state index contributed by atoms with van der Waals surface area (Å²) >= 11 is 0. The molecule has 1 aliphatic heterocycles. The van der Waals surface area contributed by atoms with Gasteiger partial charge in [0.15, 0.2) is 12.6 Å². The number of guanidine groups is 1. The van der Waals surface area contributed by atoms with Crippen LogP contribution >= 0.6 is 0 Å². The van der Waals surface area contributed by atoms with Gasteiger partial charge in [0.1, 0.15) is 5.75 Å². The Morgan fingerprint density at radius 1 is 1.36 bits per heavy atom. The third-order valence-corrected chi connectivity index (χ3v) is 4.52. The van der Waals surface area contributed by atoms with Crippen molar-refractivity contribution < 1.29 is 27.8 Å². The van der Waals surface area contributed by atoms with E-state index < -0.39 is 12.8 Å². The summed E-state index contributed by atoms with van der Waals surface area (Å²) in [4.78, 5) is 4.50. The lowest BCUT2D eigenvalue weighted by Gasteiger charge is -2.27. The van der Waals surface area contributed by atoms with Gasteiger partial charge in [0.2, 0.25) is 0 Å². The van der Waals surface area contributed by atoms with Crippen molar-refractivity contribution in [1.82, 2.24) is 10.6 Å². The third kappa shape index (κ3) is 7.55. The van der Waals surface area contributed by atoms with E-state index >= 15 is 0 Å². The zero-order valence-electron chi connectivity index (χ0n) is 16.0. The van der Waals surface area contributed by atoms with Gasteiger partial charge >= 0.3 is 6.18 Å². The number of aliphatic hydroxyl groups is 1. The van der Waals surface area contributed by atoms with Crippen LogP contribution in [-0.2, 0) is 11.3 Å². The number of nitrogens with one attached hydrogen (secondary N) is 2. The Morgan fingerprint density at radius 3 is 2.82 bits per heavy atom. The van der Waals surface area contributed by atoms with E-state index in [0.29, 0.717) is 45.2 Å². The number of alkyl halides is 3. The standard InChI is InChI=1S/C19H28F3N3O3/c1-2-23-17(25-12-18(6-8-26)7-9-27-13-18)24-11-15-4-3-5-16(10-15)28-14-19(20,21)22/h3-5,10,26H,2,6-9,11-14H2,1H3,(H2,23,24,25). The molecule has 1 saturated heterocycles. The predicted molar refractivity (Wildman–Crippen MR) is 100 cm³/mol. The van der Waals surface area contributed by atoms with E-state index in [-0.39, 0.29) is 17.8 Å². The molecule has 0 bridgehead atoms. The molecule has 158 valence electrons. The van der Waals surface area contributed by atoms with Crippen LogP contribution in [0.15, 0.2) is 29.3 Å². The number of aliphatic imine (C=N–C) groups is 1. The van der Waals surface area contributed by atoms with Crippen LogP contribution in [0.1, 0.15) is 25.3 Å². The second kappa shape index (κ2) is 10.5. The molecule has 0 spiro atoms. The van der Waals surface area contributed by atoms with Crippen molar-refractivity contribution >= 4 is 5.96 Å². The molecule has 1 atom stereocenters. The van der Waals surface area contributed by atoms with Gasteiger partial charge in [0.05, 0.1) is 13.2 Å². The monoisotopic (exact) mass is 403 g/mol. The van der Waals surface area contributed by atoms with Crippen LogP contribution in [0.3, 0.4) is 0 Å². The molecule has 0 aromatic heterocycles. The van der Waals surface area contributed by atoms with Crippen molar-refractivity contribution in [1.29, 1.82) is 0 Å². The molecule has 1 aliphatic rings. The van der Waals surface area contributed by atoms with Gasteiger partial charge < -0.3 is 25.2 Å². The summed E-state index contributed by atoms with van der Waals surface area (Å²) in [5.41, 5.74) is 0.627. The fraction of sp³-hybridized carbons (Fsp3) is 0.632. The lowest BCUT2D eigenvalue weighted by molar-refractivity contribution is -0.153. The predicted octanol–water partition coefficient (Wildman–Crippen LogP) is 2.47. The van der Waals surface area contributed by atoms with Gasteiger partial charge in [0, 0.05) is 31.7 Å². The highest BCUT2D eigenvalue weighted by atomic mass is 19.4. The lowest BCUT2D eigenvalue weighted by Crippen LogP contribution is -2.44. The molecule has 2 rings (SSSR count). The average Bonchev–Trinajstić information content (AvgIpc) is 3.11. The van der Waals surface area contributed by atoms with Gasteiger partial charge in [0.25, 0.3) is 0 Å². The first kappa shape index (κ1) is 22.3. The highest BCUT2D eigenvalue weighted by molar-refractivity contribution is 5.79. The van der Waals surface area contributed by atoms with Crippen LogP contribution in [0.25, 0.3) is 0 Å². The van der Waals surface area contributed by atoms with Crippen molar-refractivity contribution in [2.24, 2.45) is 10.4 Å². The molecule has 0 amide bonds. The van der Waals surface area contributed by atoms with Crippen LogP contribution in [0.2, 0.25) is 0 Å². The van der Waals surface area contributed by atoms with Crippen molar-refractivity contribution in [3.8, 4) is 5.75 Å². The zero-order valence-corrected chi connectivity index (χ0v) is 16.0. The average molecular weight is 403 g/mol. The molecule has 0 radical (unpaired) electrons. The fourth-order valence-electron chi connectivity index (χ4n) is 2.99. The first-order chi connectivity index (χ1) is 13.4. The highest BCUT2D eigenvalue weighted by Gasteiger charge is 2.34. The van der Waals surface area contributed by atoms with E-state index in [2.05, 4.69) is 15.6 Å². The van der Waals surface area contributed by atoms with E-state index in [9.17, 15) is 18.3 Å². The van der Waals surface area contributed by atoms with Crippen molar-refractivity contribution in [2.75, 3.05) is 39.5 Å². The number of benzene rings is 1. The molecule has 1 unspecified atom stereocenters. The first-order valence-electron chi connectivity index (χ1n) is 9.35. The molecular formula is C19H28F3N3O3. The lowest BCUT2D eigenvalue weighted by atomic mass is 9.84. The summed E-state index contributed by atoms with van der Waals surface area (Å²) in [7, 11) is 0. The third-order valence-electron chi connectivity index (χ3n) is 4.52.